The highest BCUT2D eigenvalue weighted by molar-refractivity contribution is 7.99. The Morgan fingerprint density at radius 1 is 0.772 bits per heavy atom. The third-order valence-electron chi connectivity index (χ3n) is 9.50. The second kappa shape index (κ2) is 18.1. The Balaban J connectivity index is 0.929. The van der Waals surface area contributed by atoms with Gasteiger partial charge in [-0.2, -0.15) is 4.68 Å². The molecule has 1 saturated heterocycles. The Morgan fingerprint density at radius 3 is 2.21 bits per heavy atom. The second-order valence-corrected chi connectivity index (χ2v) is 14.4. The number of aromatic nitrogens is 4. The van der Waals surface area contributed by atoms with Gasteiger partial charge in [0.25, 0.3) is 0 Å². The lowest BCUT2D eigenvalue weighted by atomic mass is 9.98. The van der Waals surface area contributed by atoms with Crippen LogP contribution in [0.4, 0.5) is 10.5 Å². The molecule has 8 rings (SSSR count). The maximum absolute atomic E-state index is 12.9. The number of thioether (sulfide) groups is 1. The van der Waals surface area contributed by atoms with Crippen molar-refractivity contribution in [3.63, 3.8) is 0 Å². The van der Waals surface area contributed by atoms with Crippen molar-refractivity contribution in [2.75, 3.05) is 11.1 Å². The molecule has 7 aromatic rings. The van der Waals surface area contributed by atoms with Crippen LogP contribution in [-0.2, 0) is 22.6 Å². The molecular weight excluding hydrogens is 737 g/mol. The van der Waals surface area contributed by atoms with Crippen molar-refractivity contribution in [1.82, 2.24) is 25.5 Å². The molecule has 6 aromatic carbocycles. The van der Waals surface area contributed by atoms with Gasteiger partial charge in [0.2, 0.25) is 5.16 Å². The summed E-state index contributed by atoms with van der Waals surface area (Å²) in [5.41, 5.74) is 7.25. The molecule has 12 heteroatoms. The Morgan fingerprint density at radius 2 is 1.46 bits per heavy atom. The highest BCUT2D eigenvalue weighted by Gasteiger charge is 2.33. The Labute approximate surface area is 334 Å². The van der Waals surface area contributed by atoms with Gasteiger partial charge in [-0.15, -0.1) is 5.10 Å². The normalized spacial score (nSPS) is 16.5. The van der Waals surface area contributed by atoms with Crippen LogP contribution in [0.5, 0.6) is 11.5 Å². The van der Waals surface area contributed by atoms with E-state index in [9.17, 15) is 9.90 Å². The van der Waals surface area contributed by atoms with Gasteiger partial charge in [-0.25, -0.2) is 4.79 Å². The first-order chi connectivity index (χ1) is 28.1. The van der Waals surface area contributed by atoms with Crippen molar-refractivity contribution in [3.05, 3.63) is 180 Å². The predicted octanol–water partition coefficient (Wildman–Crippen LogP) is 9.27. The number of nitrogens with zero attached hydrogens (tertiary/aromatic N) is 4. The fourth-order valence-electron chi connectivity index (χ4n) is 6.55. The lowest BCUT2D eigenvalue weighted by Crippen LogP contribution is -2.31. The van der Waals surface area contributed by atoms with E-state index in [-0.39, 0.29) is 24.8 Å². The topological polar surface area (TPSA) is 133 Å². The van der Waals surface area contributed by atoms with Crippen molar-refractivity contribution in [2.45, 2.75) is 43.2 Å². The predicted molar refractivity (Wildman–Crippen MR) is 219 cm³/mol. The average molecular weight is 777 g/mol. The van der Waals surface area contributed by atoms with Gasteiger partial charge in [0, 0.05) is 30.0 Å². The number of hydrogen-bond donors (Lipinski definition) is 3. The molecule has 0 aliphatic carbocycles. The quantitative estimate of drug-likeness (QED) is 0.0981. The lowest BCUT2D eigenvalue weighted by Gasteiger charge is -2.36. The molecule has 3 atom stereocenters. The third-order valence-corrected chi connectivity index (χ3v) is 10.5. The van der Waals surface area contributed by atoms with E-state index in [2.05, 4.69) is 38.3 Å². The van der Waals surface area contributed by atoms with Gasteiger partial charge in [-0.1, -0.05) is 121 Å². The SMILES string of the molecule is O=C(NCc1ccccc1-c1ccc([C@H]2O[C@@H](CSc3nnnn3-c3ccccc3)C[C@@H](c3ccc(CO)cc3)O2)cc1)Nc1ccc(Oc2ccccc2)cc1. The largest absolute Gasteiger partial charge is 0.457 e. The van der Waals surface area contributed by atoms with E-state index in [4.69, 9.17) is 14.2 Å². The van der Waals surface area contributed by atoms with Gasteiger partial charge in [0.1, 0.15) is 11.5 Å². The van der Waals surface area contributed by atoms with Crippen LogP contribution in [0, 0.1) is 0 Å². The molecule has 57 heavy (non-hydrogen) atoms. The fourth-order valence-corrected chi connectivity index (χ4v) is 7.46. The number of anilines is 1. The summed E-state index contributed by atoms with van der Waals surface area (Å²) in [7, 11) is 0. The molecular formula is C45H40N6O5S. The number of ether oxygens (including phenoxy) is 3. The van der Waals surface area contributed by atoms with Crippen molar-refractivity contribution in [1.29, 1.82) is 0 Å². The first-order valence-electron chi connectivity index (χ1n) is 18.6. The minimum atomic E-state index is -0.620. The summed E-state index contributed by atoms with van der Waals surface area (Å²) < 4.78 is 20.8. The first-order valence-corrected chi connectivity index (χ1v) is 19.6. The maximum atomic E-state index is 12.9. The minimum Gasteiger partial charge on any atom is -0.457 e. The van der Waals surface area contributed by atoms with Crippen LogP contribution >= 0.6 is 11.8 Å². The Hall–Kier alpha value is -6.31. The number of hydrogen-bond acceptors (Lipinski definition) is 9. The van der Waals surface area contributed by atoms with Crippen LogP contribution in [0.15, 0.2) is 163 Å². The van der Waals surface area contributed by atoms with Crippen LogP contribution in [0.25, 0.3) is 16.8 Å². The summed E-state index contributed by atoms with van der Waals surface area (Å²) in [6.07, 6.45) is -0.388. The standard InChI is InChI=1S/C45H40N6O5S/c52-29-31-15-17-33(18-16-31)42-27-40(30-57-45-48-49-50-51(45)37-10-3-1-4-11-37)55-43(56-42)34-21-19-32(20-22-34)41-14-8-7-9-35(41)28-46-44(53)47-36-23-25-39(26-24-36)54-38-12-5-2-6-13-38/h1-26,40,42-43,52H,27-30H2,(H2,46,47,53)/t40-,42+,43+/m1/s1. The number of para-hydroxylation sites is 2. The van der Waals surface area contributed by atoms with Gasteiger partial charge in [0.15, 0.2) is 6.29 Å². The number of tetrazole rings is 1. The zero-order valence-electron chi connectivity index (χ0n) is 30.8. The van der Waals surface area contributed by atoms with E-state index in [1.54, 1.807) is 16.8 Å². The molecule has 3 N–H and O–H groups in total. The average Bonchev–Trinajstić information content (AvgIpc) is 3.75. The van der Waals surface area contributed by atoms with E-state index in [1.165, 1.54) is 11.8 Å². The van der Waals surface area contributed by atoms with Crippen LogP contribution in [0.3, 0.4) is 0 Å². The van der Waals surface area contributed by atoms with E-state index >= 15 is 0 Å². The molecule has 0 radical (unpaired) electrons. The molecule has 0 unspecified atom stereocenters. The van der Waals surface area contributed by atoms with Crippen molar-refractivity contribution in [2.24, 2.45) is 0 Å². The fraction of sp³-hybridized carbons (Fsp3) is 0.156. The summed E-state index contributed by atoms with van der Waals surface area (Å²) in [6, 6.07) is 50.3. The summed E-state index contributed by atoms with van der Waals surface area (Å²) in [6.45, 7) is 0.309. The van der Waals surface area contributed by atoms with Crippen LogP contribution < -0.4 is 15.4 Å². The van der Waals surface area contributed by atoms with Gasteiger partial charge in [0.05, 0.1) is 24.5 Å². The number of carbonyl (C=O) groups is 1. The van der Waals surface area contributed by atoms with E-state index in [0.29, 0.717) is 35.3 Å². The molecule has 0 saturated carbocycles. The minimum absolute atomic E-state index is 0.0217. The van der Waals surface area contributed by atoms with Gasteiger partial charge in [-0.05, 0) is 86.8 Å². The van der Waals surface area contributed by atoms with Crippen molar-refractivity contribution in [3.8, 4) is 28.3 Å². The van der Waals surface area contributed by atoms with Crippen molar-refractivity contribution >= 4 is 23.5 Å². The molecule has 1 aliphatic heterocycles. The number of benzene rings is 6. The van der Waals surface area contributed by atoms with Crippen LogP contribution in [0.2, 0.25) is 0 Å². The van der Waals surface area contributed by atoms with Crippen LogP contribution in [0.1, 0.15) is 41.1 Å². The number of nitrogens with one attached hydrogen (secondary N) is 2. The Kier molecular flexibility index (Phi) is 11.9. The smallest absolute Gasteiger partial charge is 0.319 e. The molecule has 1 aliphatic rings. The first kappa shape index (κ1) is 37.6. The van der Waals surface area contributed by atoms with E-state index in [1.807, 2.05) is 133 Å². The number of urea groups is 1. The Bertz CT molecular complexity index is 2360. The molecule has 11 nitrogen and oxygen atoms in total. The highest BCUT2D eigenvalue weighted by atomic mass is 32.2. The van der Waals surface area contributed by atoms with E-state index in [0.717, 1.165) is 44.8 Å². The number of rotatable bonds is 13. The van der Waals surface area contributed by atoms with Gasteiger partial charge < -0.3 is 30.0 Å². The highest BCUT2D eigenvalue weighted by Crippen LogP contribution is 2.40. The maximum Gasteiger partial charge on any atom is 0.319 e. The van der Waals surface area contributed by atoms with Gasteiger partial charge in [-0.3, -0.25) is 0 Å². The molecule has 286 valence electrons. The zero-order valence-corrected chi connectivity index (χ0v) is 31.7. The number of amides is 2. The van der Waals surface area contributed by atoms with Crippen LogP contribution in [-0.4, -0.2) is 43.2 Å². The monoisotopic (exact) mass is 776 g/mol. The molecule has 1 aromatic heterocycles. The summed E-state index contributed by atoms with van der Waals surface area (Å²) >= 11 is 1.54. The molecule has 0 spiro atoms. The number of aliphatic hydroxyl groups excluding tert-OH is 1. The molecule has 2 heterocycles. The van der Waals surface area contributed by atoms with Crippen molar-refractivity contribution < 1.29 is 24.1 Å². The van der Waals surface area contributed by atoms with Gasteiger partial charge >= 0.3 is 6.03 Å². The molecule has 1 fully saturated rings. The number of aliphatic hydroxyl groups is 1. The molecule has 2 amide bonds. The number of carbonyl (C=O) groups excluding carboxylic acids is 1. The van der Waals surface area contributed by atoms with E-state index < -0.39 is 6.29 Å². The third kappa shape index (κ3) is 9.57. The zero-order chi connectivity index (χ0) is 38.8. The molecule has 0 bridgehead atoms. The summed E-state index contributed by atoms with van der Waals surface area (Å²) in [5, 5.41) is 28.6. The summed E-state index contributed by atoms with van der Waals surface area (Å²) in [5.74, 6) is 2.03. The summed E-state index contributed by atoms with van der Waals surface area (Å²) in [4.78, 5) is 12.9. The lowest BCUT2D eigenvalue weighted by molar-refractivity contribution is -0.245. The second-order valence-electron chi connectivity index (χ2n) is 13.4.